The summed E-state index contributed by atoms with van der Waals surface area (Å²) >= 11 is 0. The molecule has 15 heavy (non-hydrogen) atoms. The highest BCUT2D eigenvalue weighted by molar-refractivity contribution is 5.42. The van der Waals surface area contributed by atoms with E-state index in [0.717, 1.165) is 12.5 Å². The SMILES string of the molecule is CC1=C2NCC(CCN(C)C)C2=CCC1. The summed E-state index contributed by atoms with van der Waals surface area (Å²) in [5, 5.41) is 3.57. The summed E-state index contributed by atoms with van der Waals surface area (Å²) in [4.78, 5) is 2.28. The van der Waals surface area contributed by atoms with Gasteiger partial charge in [0.2, 0.25) is 0 Å². The summed E-state index contributed by atoms with van der Waals surface area (Å²) in [6.45, 7) is 4.60. The second-order valence-corrected chi connectivity index (χ2v) is 5.02. The van der Waals surface area contributed by atoms with Crippen LogP contribution < -0.4 is 5.32 Å². The van der Waals surface area contributed by atoms with Gasteiger partial charge in [0.25, 0.3) is 0 Å². The monoisotopic (exact) mass is 206 g/mol. The number of fused-ring (bicyclic) bond motifs is 1. The maximum absolute atomic E-state index is 3.57. The maximum Gasteiger partial charge on any atom is 0.0362 e. The molecule has 1 aliphatic heterocycles. The molecule has 84 valence electrons. The average molecular weight is 206 g/mol. The van der Waals surface area contributed by atoms with E-state index in [-0.39, 0.29) is 0 Å². The Kier molecular flexibility index (Phi) is 3.15. The third-order valence-corrected chi connectivity index (χ3v) is 3.49. The van der Waals surface area contributed by atoms with Crippen LogP contribution in [0.5, 0.6) is 0 Å². The summed E-state index contributed by atoms with van der Waals surface area (Å²) in [5.41, 5.74) is 4.62. The average Bonchev–Trinajstić information content (AvgIpc) is 2.59. The van der Waals surface area contributed by atoms with Gasteiger partial charge in [-0.15, -0.1) is 0 Å². The van der Waals surface area contributed by atoms with Crippen molar-refractivity contribution in [3.63, 3.8) is 0 Å². The molecule has 0 saturated carbocycles. The molecule has 2 aliphatic rings. The number of nitrogens with zero attached hydrogens (tertiary/aromatic N) is 1. The van der Waals surface area contributed by atoms with Crippen molar-refractivity contribution in [1.82, 2.24) is 10.2 Å². The highest BCUT2D eigenvalue weighted by Crippen LogP contribution is 2.34. The van der Waals surface area contributed by atoms with E-state index in [1.165, 1.54) is 31.5 Å². The van der Waals surface area contributed by atoms with Crippen LogP contribution in [0.2, 0.25) is 0 Å². The first-order valence-electron chi connectivity index (χ1n) is 5.97. The van der Waals surface area contributed by atoms with E-state index in [1.807, 2.05) is 0 Å². The molecule has 0 bridgehead atoms. The normalized spacial score (nSPS) is 25.3. The topological polar surface area (TPSA) is 15.3 Å². The van der Waals surface area contributed by atoms with Crippen LogP contribution in [-0.4, -0.2) is 32.1 Å². The minimum Gasteiger partial charge on any atom is -0.384 e. The fourth-order valence-electron chi connectivity index (χ4n) is 2.55. The summed E-state index contributed by atoms with van der Waals surface area (Å²) < 4.78 is 0. The molecule has 1 saturated heterocycles. The summed E-state index contributed by atoms with van der Waals surface area (Å²) in [5.74, 6) is 0.748. The van der Waals surface area contributed by atoms with E-state index in [2.05, 4.69) is 37.3 Å². The first-order chi connectivity index (χ1) is 7.18. The first kappa shape index (κ1) is 10.7. The summed E-state index contributed by atoms with van der Waals surface area (Å²) in [7, 11) is 4.30. The molecule has 1 aliphatic carbocycles. The predicted octanol–water partition coefficient (Wildman–Crippen LogP) is 2.15. The summed E-state index contributed by atoms with van der Waals surface area (Å²) in [6, 6.07) is 0. The molecule has 0 spiro atoms. The van der Waals surface area contributed by atoms with Crippen LogP contribution in [0.4, 0.5) is 0 Å². The molecule has 2 heteroatoms. The molecular formula is C13H22N2. The molecule has 1 N–H and O–H groups in total. The fourth-order valence-corrected chi connectivity index (χ4v) is 2.55. The Hall–Kier alpha value is -0.760. The zero-order valence-corrected chi connectivity index (χ0v) is 10.1. The minimum atomic E-state index is 0.748. The van der Waals surface area contributed by atoms with Crippen molar-refractivity contribution >= 4 is 0 Å². The molecule has 0 aromatic rings. The second-order valence-electron chi connectivity index (χ2n) is 5.02. The van der Waals surface area contributed by atoms with Gasteiger partial charge in [-0.3, -0.25) is 0 Å². The van der Waals surface area contributed by atoms with Crippen LogP contribution in [0.25, 0.3) is 0 Å². The largest absolute Gasteiger partial charge is 0.384 e. The van der Waals surface area contributed by atoms with Gasteiger partial charge < -0.3 is 10.2 Å². The van der Waals surface area contributed by atoms with E-state index < -0.39 is 0 Å². The minimum absolute atomic E-state index is 0.748. The Bertz CT molecular complexity index is 300. The maximum atomic E-state index is 3.57. The molecule has 2 rings (SSSR count). The van der Waals surface area contributed by atoms with Crippen molar-refractivity contribution in [3.05, 3.63) is 22.9 Å². The Morgan fingerprint density at radius 2 is 2.27 bits per heavy atom. The van der Waals surface area contributed by atoms with Gasteiger partial charge in [-0.2, -0.15) is 0 Å². The van der Waals surface area contributed by atoms with Gasteiger partial charge in [0.1, 0.15) is 0 Å². The Labute approximate surface area is 93.0 Å². The standard InChI is InChI=1S/C13H22N2/c1-10-5-4-6-12-11(7-8-15(2)3)9-14-13(10)12/h6,11,14H,4-5,7-9H2,1-3H3. The van der Waals surface area contributed by atoms with Gasteiger partial charge >= 0.3 is 0 Å². The van der Waals surface area contributed by atoms with Gasteiger partial charge in [-0.05, 0) is 58.0 Å². The predicted molar refractivity (Wildman–Crippen MR) is 64.7 cm³/mol. The van der Waals surface area contributed by atoms with Crippen LogP contribution in [0.3, 0.4) is 0 Å². The third-order valence-electron chi connectivity index (χ3n) is 3.49. The van der Waals surface area contributed by atoms with Gasteiger partial charge in [0, 0.05) is 18.2 Å². The molecule has 2 nitrogen and oxygen atoms in total. The van der Waals surface area contributed by atoms with E-state index >= 15 is 0 Å². The third kappa shape index (κ3) is 2.25. The molecule has 1 unspecified atom stereocenters. The van der Waals surface area contributed by atoms with Gasteiger partial charge in [-0.25, -0.2) is 0 Å². The lowest BCUT2D eigenvalue weighted by Crippen LogP contribution is -2.18. The number of hydrogen-bond acceptors (Lipinski definition) is 2. The quantitative estimate of drug-likeness (QED) is 0.761. The van der Waals surface area contributed by atoms with E-state index in [4.69, 9.17) is 0 Å². The van der Waals surface area contributed by atoms with Crippen LogP contribution in [0, 0.1) is 5.92 Å². The molecule has 1 fully saturated rings. The highest BCUT2D eigenvalue weighted by Gasteiger charge is 2.27. The van der Waals surface area contributed by atoms with Gasteiger partial charge in [0.15, 0.2) is 0 Å². The van der Waals surface area contributed by atoms with Crippen molar-refractivity contribution in [2.24, 2.45) is 5.92 Å². The smallest absolute Gasteiger partial charge is 0.0362 e. The van der Waals surface area contributed by atoms with Crippen LogP contribution in [0.15, 0.2) is 22.9 Å². The lowest BCUT2D eigenvalue weighted by Gasteiger charge is -2.18. The van der Waals surface area contributed by atoms with Crippen molar-refractivity contribution < 1.29 is 0 Å². The van der Waals surface area contributed by atoms with E-state index in [1.54, 1.807) is 11.1 Å². The number of rotatable bonds is 3. The fraction of sp³-hybridized carbons (Fsp3) is 0.692. The molecule has 0 radical (unpaired) electrons. The molecule has 0 aromatic carbocycles. The first-order valence-corrected chi connectivity index (χ1v) is 5.97. The number of nitrogens with one attached hydrogen (secondary N) is 1. The van der Waals surface area contributed by atoms with Gasteiger partial charge in [0.05, 0.1) is 0 Å². The van der Waals surface area contributed by atoms with Crippen LogP contribution in [-0.2, 0) is 0 Å². The van der Waals surface area contributed by atoms with Crippen molar-refractivity contribution in [2.75, 3.05) is 27.2 Å². The molecule has 0 amide bonds. The summed E-state index contributed by atoms with van der Waals surface area (Å²) in [6.07, 6.45) is 6.21. The van der Waals surface area contributed by atoms with Crippen molar-refractivity contribution in [3.8, 4) is 0 Å². The second kappa shape index (κ2) is 4.40. The molecular weight excluding hydrogens is 184 g/mol. The highest BCUT2D eigenvalue weighted by atomic mass is 15.1. The Morgan fingerprint density at radius 3 is 3.00 bits per heavy atom. The zero-order chi connectivity index (χ0) is 10.8. The zero-order valence-electron chi connectivity index (χ0n) is 10.1. The molecule has 1 heterocycles. The van der Waals surface area contributed by atoms with E-state index in [9.17, 15) is 0 Å². The van der Waals surface area contributed by atoms with Gasteiger partial charge in [-0.1, -0.05) is 6.08 Å². The lowest BCUT2D eigenvalue weighted by atomic mass is 9.90. The van der Waals surface area contributed by atoms with Crippen molar-refractivity contribution in [2.45, 2.75) is 26.2 Å². The van der Waals surface area contributed by atoms with Crippen LogP contribution in [0.1, 0.15) is 26.2 Å². The molecule has 1 atom stereocenters. The molecule has 0 aromatic heterocycles. The van der Waals surface area contributed by atoms with E-state index in [0.29, 0.717) is 0 Å². The Morgan fingerprint density at radius 1 is 1.47 bits per heavy atom. The number of allylic oxidation sites excluding steroid dienone is 3. The lowest BCUT2D eigenvalue weighted by molar-refractivity contribution is 0.374. The van der Waals surface area contributed by atoms with Crippen molar-refractivity contribution in [1.29, 1.82) is 0 Å². The van der Waals surface area contributed by atoms with Crippen LogP contribution >= 0.6 is 0 Å². The Balaban J connectivity index is 2.03. The number of hydrogen-bond donors (Lipinski definition) is 1.